The average molecular weight is 602 g/mol. The lowest BCUT2D eigenvalue weighted by atomic mass is 10.0. The zero-order chi connectivity index (χ0) is 30.7. The summed E-state index contributed by atoms with van der Waals surface area (Å²) in [5.41, 5.74) is 3.31. The maximum Gasteiger partial charge on any atom is 0.389 e. The second-order valence-electron chi connectivity index (χ2n) is 9.88. The summed E-state index contributed by atoms with van der Waals surface area (Å²) in [7, 11) is -0.800. The second kappa shape index (κ2) is 12.3. The Hall–Kier alpha value is -4.32. The van der Waals surface area contributed by atoms with Crippen LogP contribution in [0.5, 0.6) is 5.75 Å². The molecule has 1 aromatic heterocycles. The van der Waals surface area contributed by atoms with E-state index in [2.05, 4.69) is 10.0 Å². The topological polar surface area (TPSA) is 106 Å². The van der Waals surface area contributed by atoms with Crippen LogP contribution < -0.4 is 14.8 Å². The highest BCUT2D eigenvalue weighted by molar-refractivity contribution is 7.90. The number of aromatic nitrogens is 1. The van der Waals surface area contributed by atoms with E-state index in [1.54, 1.807) is 49.4 Å². The lowest BCUT2D eigenvalue weighted by molar-refractivity contribution is -0.135. The Kier molecular flexibility index (Phi) is 8.95. The molecule has 3 aromatic carbocycles. The maximum atomic E-state index is 12.9. The average Bonchev–Trinajstić information content (AvgIpc) is 3.24. The van der Waals surface area contributed by atoms with Gasteiger partial charge in [-0.1, -0.05) is 24.3 Å². The van der Waals surface area contributed by atoms with Gasteiger partial charge in [0.25, 0.3) is 21.8 Å². The number of benzene rings is 3. The van der Waals surface area contributed by atoms with E-state index in [9.17, 15) is 31.2 Å². The highest BCUT2D eigenvalue weighted by atomic mass is 32.2. The van der Waals surface area contributed by atoms with Crippen LogP contribution >= 0.6 is 0 Å². The fourth-order valence-electron chi connectivity index (χ4n) is 4.68. The maximum absolute atomic E-state index is 12.9. The van der Waals surface area contributed by atoms with Crippen molar-refractivity contribution < 1.29 is 35.9 Å². The van der Waals surface area contributed by atoms with Crippen molar-refractivity contribution in [2.24, 2.45) is 7.05 Å². The molecule has 0 atom stereocenters. The van der Waals surface area contributed by atoms with Crippen LogP contribution in [0, 0.1) is 6.92 Å². The van der Waals surface area contributed by atoms with E-state index in [1.807, 2.05) is 17.8 Å². The third-order valence-corrected chi connectivity index (χ3v) is 8.29. The van der Waals surface area contributed by atoms with Gasteiger partial charge >= 0.3 is 6.18 Å². The molecule has 2 amide bonds. The summed E-state index contributed by atoms with van der Waals surface area (Å²) in [5, 5.41) is 3.30. The molecule has 0 aliphatic carbocycles. The zero-order valence-electron chi connectivity index (χ0n) is 23.2. The number of carbonyl (C=O) groups is 2. The van der Waals surface area contributed by atoms with Gasteiger partial charge < -0.3 is 14.6 Å². The fraction of sp³-hybridized carbons (Fsp3) is 0.267. The molecule has 0 aliphatic rings. The normalized spacial score (nSPS) is 11.9. The predicted octanol–water partition coefficient (Wildman–Crippen LogP) is 5.28. The number of rotatable bonds is 10. The smallest absolute Gasteiger partial charge is 0.389 e. The molecular weight excluding hydrogens is 571 g/mol. The van der Waals surface area contributed by atoms with E-state index < -0.39 is 34.4 Å². The summed E-state index contributed by atoms with van der Waals surface area (Å²) >= 11 is 0. The van der Waals surface area contributed by atoms with Gasteiger partial charge in [-0.15, -0.1) is 0 Å². The SMILES string of the molecule is COc1cc(C(=O)NS(=O)(=O)c2ccccc2C)ccc1Cc1cn(C)c2ccc(C(=O)NCCCC(F)(F)F)cc12. The summed E-state index contributed by atoms with van der Waals surface area (Å²) < 4.78 is 72.2. The van der Waals surface area contributed by atoms with Gasteiger partial charge in [0, 0.05) is 54.7 Å². The van der Waals surface area contributed by atoms with Gasteiger partial charge in [-0.05, 0) is 66.4 Å². The molecule has 0 saturated heterocycles. The number of alkyl halides is 3. The monoisotopic (exact) mass is 601 g/mol. The predicted molar refractivity (Wildman–Crippen MR) is 152 cm³/mol. The van der Waals surface area contributed by atoms with Gasteiger partial charge in [0.15, 0.2) is 0 Å². The van der Waals surface area contributed by atoms with Crippen LogP contribution in [0.2, 0.25) is 0 Å². The molecule has 0 aliphatic heterocycles. The van der Waals surface area contributed by atoms with Crippen molar-refractivity contribution >= 4 is 32.7 Å². The third kappa shape index (κ3) is 7.11. The van der Waals surface area contributed by atoms with Crippen molar-refractivity contribution in [2.45, 2.75) is 37.3 Å². The van der Waals surface area contributed by atoms with E-state index in [0.717, 1.165) is 16.5 Å². The Bertz CT molecular complexity index is 1750. The third-order valence-electron chi connectivity index (χ3n) is 6.80. The molecule has 222 valence electrons. The van der Waals surface area contributed by atoms with E-state index in [0.29, 0.717) is 28.9 Å². The summed E-state index contributed by atoms with van der Waals surface area (Å²) in [6.45, 7) is 1.54. The van der Waals surface area contributed by atoms with Crippen molar-refractivity contribution in [1.29, 1.82) is 0 Å². The van der Waals surface area contributed by atoms with Crippen LogP contribution in [-0.4, -0.2) is 44.6 Å². The molecule has 8 nitrogen and oxygen atoms in total. The number of ether oxygens (including phenoxy) is 1. The van der Waals surface area contributed by atoms with Crippen LogP contribution in [0.1, 0.15) is 50.2 Å². The van der Waals surface area contributed by atoms with Gasteiger partial charge in [0.05, 0.1) is 12.0 Å². The summed E-state index contributed by atoms with van der Waals surface area (Å²) in [6.07, 6.45) is -3.20. The molecule has 0 fully saturated rings. The van der Waals surface area contributed by atoms with Crippen molar-refractivity contribution in [3.63, 3.8) is 0 Å². The number of methoxy groups -OCH3 is 1. The van der Waals surface area contributed by atoms with E-state index >= 15 is 0 Å². The lowest BCUT2D eigenvalue weighted by Gasteiger charge is -2.12. The Balaban J connectivity index is 1.53. The van der Waals surface area contributed by atoms with Crippen LogP contribution in [0.15, 0.2) is 71.8 Å². The van der Waals surface area contributed by atoms with Gasteiger partial charge in [-0.25, -0.2) is 13.1 Å². The molecule has 1 heterocycles. The van der Waals surface area contributed by atoms with E-state index in [1.165, 1.54) is 25.3 Å². The Labute approximate surface area is 241 Å². The molecule has 4 aromatic rings. The number of nitrogens with zero attached hydrogens (tertiary/aromatic N) is 1. The second-order valence-corrected chi connectivity index (χ2v) is 11.5. The Morgan fingerprint density at radius 1 is 0.952 bits per heavy atom. The van der Waals surface area contributed by atoms with Crippen LogP contribution in [-0.2, 0) is 23.5 Å². The number of aryl methyl sites for hydroxylation is 2. The van der Waals surface area contributed by atoms with Crippen molar-refractivity contribution in [1.82, 2.24) is 14.6 Å². The fourth-order valence-corrected chi connectivity index (χ4v) is 5.90. The van der Waals surface area contributed by atoms with Crippen LogP contribution in [0.3, 0.4) is 0 Å². The Morgan fingerprint density at radius 2 is 1.64 bits per heavy atom. The molecule has 2 N–H and O–H groups in total. The van der Waals surface area contributed by atoms with Crippen molar-refractivity contribution in [3.05, 3.63) is 94.7 Å². The molecule has 0 radical (unpaired) electrons. The first-order valence-corrected chi connectivity index (χ1v) is 14.5. The quantitative estimate of drug-likeness (QED) is 0.241. The Morgan fingerprint density at radius 3 is 2.33 bits per heavy atom. The van der Waals surface area contributed by atoms with Crippen LogP contribution in [0.25, 0.3) is 10.9 Å². The van der Waals surface area contributed by atoms with Gasteiger partial charge in [0.1, 0.15) is 5.75 Å². The molecule has 0 bridgehead atoms. The first kappa shape index (κ1) is 30.6. The molecular formula is C30H30F3N3O5S. The number of hydrogen-bond acceptors (Lipinski definition) is 5. The molecule has 0 saturated carbocycles. The first-order chi connectivity index (χ1) is 19.8. The standard InChI is InChI=1S/C30H30F3N3O5S/c1-19-7-4-5-8-27(19)42(39,40)35-29(38)22-10-9-20(26(17-22)41-3)15-23-18-36(2)25-12-11-21(16-24(23)25)28(37)34-14-6-13-30(31,32)33/h4-5,7-12,16-18H,6,13-15H2,1-3H3,(H,34,37)(H,35,38). The number of amides is 2. The lowest BCUT2D eigenvalue weighted by Crippen LogP contribution is -2.31. The van der Waals surface area contributed by atoms with Gasteiger partial charge in [-0.3, -0.25) is 9.59 Å². The highest BCUT2D eigenvalue weighted by Gasteiger charge is 2.26. The molecule has 0 unspecified atom stereocenters. The molecule has 12 heteroatoms. The number of hydrogen-bond donors (Lipinski definition) is 2. The molecule has 42 heavy (non-hydrogen) atoms. The number of nitrogens with one attached hydrogen (secondary N) is 2. The molecule has 0 spiro atoms. The van der Waals surface area contributed by atoms with Gasteiger partial charge in [0.2, 0.25) is 0 Å². The number of sulfonamides is 1. The van der Waals surface area contributed by atoms with Crippen LogP contribution in [0.4, 0.5) is 13.2 Å². The summed E-state index contributed by atoms with van der Waals surface area (Å²) in [4.78, 5) is 25.5. The highest BCUT2D eigenvalue weighted by Crippen LogP contribution is 2.29. The molecule has 4 rings (SSSR count). The largest absolute Gasteiger partial charge is 0.496 e. The minimum absolute atomic E-state index is 0.00671. The van der Waals surface area contributed by atoms with Crippen molar-refractivity contribution in [3.8, 4) is 5.75 Å². The van der Waals surface area contributed by atoms with E-state index in [4.69, 9.17) is 4.74 Å². The number of carbonyl (C=O) groups excluding carboxylic acids is 2. The number of halogens is 3. The minimum Gasteiger partial charge on any atom is -0.496 e. The van der Waals surface area contributed by atoms with Gasteiger partial charge in [-0.2, -0.15) is 13.2 Å². The summed E-state index contributed by atoms with van der Waals surface area (Å²) in [5.74, 6) is -0.909. The summed E-state index contributed by atoms with van der Waals surface area (Å²) in [6, 6.07) is 16.0. The minimum atomic E-state index is -4.27. The van der Waals surface area contributed by atoms with Crippen molar-refractivity contribution in [2.75, 3.05) is 13.7 Å². The van der Waals surface area contributed by atoms with E-state index in [-0.39, 0.29) is 23.4 Å². The number of fused-ring (bicyclic) bond motifs is 1. The zero-order valence-corrected chi connectivity index (χ0v) is 24.0. The first-order valence-electron chi connectivity index (χ1n) is 13.0.